The van der Waals surface area contributed by atoms with Gasteiger partial charge in [0.15, 0.2) is 5.69 Å². The zero-order valence-corrected chi connectivity index (χ0v) is 30.5. The third-order valence-electron chi connectivity index (χ3n) is 7.47. The molecule has 15 nitrogen and oxygen atoms in total. The quantitative estimate of drug-likeness (QED) is 0.0610. The molecule has 17 heteroatoms. The van der Waals surface area contributed by atoms with E-state index in [0.29, 0.717) is 23.4 Å². The van der Waals surface area contributed by atoms with E-state index in [9.17, 15) is 33.6 Å². The third-order valence-corrected chi connectivity index (χ3v) is 8.32. The van der Waals surface area contributed by atoms with E-state index in [1.807, 2.05) is 37.3 Å². The number of aliphatic imine (C=N–C) groups is 2. The standard InChI is InChI=1S/C19H17N3O7S.C18H17N3O2.Co/c1-2-29-19(25)17-14(18(24)22(21-17)12-6-4-3-5-7-12)11-20-15-10-13(30(26,27)28)8-9-16(15)23;1-2-15-14(12-19-16-10-6-7-11-17(16)22)18(23)21(20-15)13-8-4-3-5-9-13;/h3-11,23-24H,2H2,1H3,(H,26,27,28);3-12,22-23H,2H2,1H3;. The molecule has 0 unspecified atom stereocenters. The summed E-state index contributed by atoms with van der Waals surface area (Å²) in [6, 6.07) is 27.7. The summed E-state index contributed by atoms with van der Waals surface area (Å²) in [6.07, 6.45) is 3.24. The minimum atomic E-state index is -4.52. The summed E-state index contributed by atoms with van der Waals surface area (Å²) in [5, 5.41) is 49.3. The number of ether oxygens (including phenoxy) is 1. The summed E-state index contributed by atoms with van der Waals surface area (Å²) in [7, 11) is -4.52. The molecule has 2 aromatic heterocycles. The number of nitrogens with zero attached hydrogens (tertiary/aromatic N) is 6. The summed E-state index contributed by atoms with van der Waals surface area (Å²) in [5.41, 5.74) is 2.44. The Morgan fingerprint density at radius 3 is 1.81 bits per heavy atom. The number of hydrogen-bond acceptors (Lipinski definition) is 12. The molecule has 4 aromatic carbocycles. The molecule has 54 heavy (non-hydrogen) atoms. The molecule has 0 amide bonds. The maximum atomic E-state index is 12.3. The van der Waals surface area contributed by atoms with Crippen molar-refractivity contribution in [1.29, 1.82) is 0 Å². The molecule has 1 radical (unpaired) electrons. The number of phenolic OH excluding ortho intramolecular Hbond substituents is 2. The molecular weight excluding hydrogens is 763 g/mol. The minimum Gasteiger partial charge on any atom is -0.506 e. The van der Waals surface area contributed by atoms with Gasteiger partial charge in [-0.15, -0.1) is 0 Å². The molecule has 0 spiro atoms. The molecule has 281 valence electrons. The van der Waals surface area contributed by atoms with Crippen LogP contribution in [0.2, 0.25) is 0 Å². The van der Waals surface area contributed by atoms with E-state index >= 15 is 0 Å². The number of aryl methyl sites for hydroxylation is 1. The second-order valence-electron chi connectivity index (χ2n) is 11.0. The summed E-state index contributed by atoms with van der Waals surface area (Å²) < 4.78 is 39.3. The fourth-order valence-corrected chi connectivity index (χ4v) is 5.36. The first-order valence-corrected chi connectivity index (χ1v) is 17.4. The van der Waals surface area contributed by atoms with Gasteiger partial charge in [0.25, 0.3) is 10.1 Å². The van der Waals surface area contributed by atoms with Gasteiger partial charge < -0.3 is 25.2 Å². The number of phenols is 2. The summed E-state index contributed by atoms with van der Waals surface area (Å²) in [4.78, 5) is 20.0. The minimum absolute atomic E-state index is 0. The van der Waals surface area contributed by atoms with Crippen molar-refractivity contribution in [3.8, 4) is 34.6 Å². The second kappa shape index (κ2) is 18.0. The van der Waals surface area contributed by atoms with Gasteiger partial charge in [-0.05, 0) is 67.9 Å². The van der Waals surface area contributed by atoms with Crippen LogP contribution in [0.3, 0.4) is 0 Å². The van der Waals surface area contributed by atoms with Gasteiger partial charge in [-0.3, -0.25) is 14.5 Å². The summed E-state index contributed by atoms with van der Waals surface area (Å²) in [5.74, 6) is -1.48. The first-order chi connectivity index (χ1) is 25.4. The van der Waals surface area contributed by atoms with E-state index in [1.54, 1.807) is 61.5 Å². The normalized spacial score (nSPS) is 11.2. The molecule has 5 N–H and O–H groups in total. The van der Waals surface area contributed by atoms with Gasteiger partial charge in [0.1, 0.15) is 22.9 Å². The first kappa shape index (κ1) is 40.5. The number of rotatable bonds is 10. The van der Waals surface area contributed by atoms with E-state index < -0.39 is 26.9 Å². The van der Waals surface area contributed by atoms with Crippen molar-refractivity contribution in [2.75, 3.05) is 6.61 Å². The van der Waals surface area contributed by atoms with E-state index in [1.165, 1.54) is 10.9 Å². The van der Waals surface area contributed by atoms with Crippen molar-refractivity contribution < 1.29 is 59.7 Å². The monoisotopic (exact) mass is 797 g/mol. The average Bonchev–Trinajstić information content (AvgIpc) is 3.66. The molecule has 6 rings (SSSR count). The van der Waals surface area contributed by atoms with Crippen LogP contribution in [-0.4, -0.2) is 78.0 Å². The number of para-hydroxylation sites is 4. The number of esters is 1. The molecular formula is C37H34CoN6O9S. The Balaban J connectivity index is 0.000000244. The average molecular weight is 798 g/mol. The zero-order valence-electron chi connectivity index (χ0n) is 28.7. The molecule has 0 bridgehead atoms. The van der Waals surface area contributed by atoms with Crippen LogP contribution in [0.15, 0.2) is 118 Å². The van der Waals surface area contributed by atoms with Crippen molar-refractivity contribution in [1.82, 2.24) is 19.6 Å². The number of benzene rings is 4. The molecule has 0 fully saturated rings. The van der Waals surface area contributed by atoms with Crippen LogP contribution < -0.4 is 0 Å². The molecule has 0 aliphatic heterocycles. The van der Waals surface area contributed by atoms with Crippen molar-refractivity contribution in [3.05, 3.63) is 126 Å². The van der Waals surface area contributed by atoms with Crippen LogP contribution in [0, 0.1) is 0 Å². The predicted molar refractivity (Wildman–Crippen MR) is 196 cm³/mol. The molecule has 0 saturated carbocycles. The van der Waals surface area contributed by atoms with Gasteiger partial charge in [-0.1, -0.05) is 55.5 Å². The fourth-order valence-electron chi connectivity index (χ4n) is 4.86. The maximum Gasteiger partial charge on any atom is 0.359 e. The SMILES string of the molecule is CCOC(=O)c1nn(-c2ccccc2)c(O)c1C=Nc1cc(S(=O)(=O)O)ccc1O.CCc1nn(-c2ccccc2)c(O)c1C=Nc1ccccc1O.[Co]. The van der Waals surface area contributed by atoms with E-state index in [0.717, 1.165) is 40.5 Å². The molecule has 0 atom stereocenters. The van der Waals surface area contributed by atoms with E-state index in [-0.39, 0.29) is 57.7 Å². The van der Waals surface area contributed by atoms with Crippen LogP contribution in [-0.2, 0) is 38.1 Å². The first-order valence-electron chi connectivity index (χ1n) is 16.0. The van der Waals surface area contributed by atoms with Crippen molar-refractivity contribution >= 4 is 39.9 Å². The second-order valence-corrected chi connectivity index (χ2v) is 12.4. The molecule has 6 aromatic rings. The van der Waals surface area contributed by atoms with Gasteiger partial charge in [-0.25, -0.2) is 9.48 Å². The van der Waals surface area contributed by atoms with Crippen molar-refractivity contribution in [3.63, 3.8) is 0 Å². The van der Waals surface area contributed by atoms with Crippen LogP contribution in [0.5, 0.6) is 23.3 Å². The predicted octanol–water partition coefficient (Wildman–Crippen LogP) is 6.05. The molecule has 2 heterocycles. The van der Waals surface area contributed by atoms with Gasteiger partial charge in [-0.2, -0.15) is 23.3 Å². The van der Waals surface area contributed by atoms with Crippen LogP contribution in [0.1, 0.15) is 41.2 Å². The Hall–Kier alpha value is -6.27. The van der Waals surface area contributed by atoms with Crippen LogP contribution >= 0.6 is 0 Å². The van der Waals surface area contributed by atoms with Gasteiger partial charge in [0, 0.05) is 29.2 Å². The smallest absolute Gasteiger partial charge is 0.359 e. The fraction of sp³-hybridized carbons (Fsp3) is 0.108. The van der Waals surface area contributed by atoms with Gasteiger partial charge >= 0.3 is 5.97 Å². The van der Waals surface area contributed by atoms with Crippen LogP contribution in [0.4, 0.5) is 11.4 Å². The molecule has 0 aliphatic carbocycles. The van der Waals surface area contributed by atoms with Crippen molar-refractivity contribution in [2.45, 2.75) is 25.2 Å². The van der Waals surface area contributed by atoms with Gasteiger partial charge in [0.05, 0.1) is 39.7 Å². The van der Waals surface area contributed by atoms with Gasteiger partial charge in [0.2, 0.25) is 11.8 Å². The number of carbonyl (C=O) groups excluding carboxylic acids is 1. The number of carbonyl (C=O) groups is 1. The van der Waals surface area contributed by atoms with E-state index in [4.69, 9.17) is 9.29 Å². The Bertz CT molecular complexity index is 2400. The zero-order chi connectivity index (χ0) is 38.1. The van der Waals surface area contributed by atoms with E-state index in [2.05, 4.69) is 20.2 Å². The summed E-state index contributed by atoms with van der Waals surface area (Å²) >= 11 is 0. The number of aromatic hydroxyl groups is 4. The summed E-state index contributed by atoms with van der Waals surface area (Å²) in [6.45, 7) is 3.65. The van der Waals surface area contributed by atoms with Crippen molar-refractivity contribution in [2.24, 2.45) is 9.98 Å². The Kier molecular flexibility index (Phi) is 13.5. The largest absolute Gasteiger partial charge is 0.506 e. The Morgan fingerprint density at radius 1 is 0.722 bits per heavy atom. The van der Waals surface area contributed by atoms with Crippen LogP contribution in [0.25, 0.3) is 11.4 Å². The Labute approximate surface area is 320 Å². The molecule has 0 saturated heterocycles. The maximum absolute atomic E-state index is 12.3. The number of aromatic nitrogens is 4. The topological polar surface area (TPSA) is 222 Å². The Morgan fingerprint density at radius 2 is 1.24 bits per heavy atom. The number of hydrogen-bond donors (Lipinski definition) is 5. The molecule has 0 aliphatic rings. The third kappa shape index (κ3) is 9.38.